The van der Waals surface area contributed by atoms with E-state index in [0.29, 0.717) is 0 Å². The summed E-state index contributed by atoms with van der Waals surface area (Å²) in [6, 6.07) is 12.0. The Morgan fingerprint density at radius 3 is 1.84 bits per heavy atom. The predicted molar refractivity (Wildman–Crippen MR) is 188 cm³/mol. The van der Waals surface area contributed by atoms with E-state index >= 15 is 8.78 Å². The molecule has 4 aromatic rings. The van der Waals surface area contributed by atoms with Crippen molar-refractivity contribution >= 4 is 17.6 Å². The Morgan fingerprint density at radius 2 is 1.23 bits per heavy atom. The van der Waals surface area contributed by atoms with Crippen LogP contribution in [0.1, 0.15) is 37.4 Å². The van der Waals surface area contributed by atoms with E-state index in [1.54, 1.807) is 0 Å². The SMILES string of the molecule is O=C1OC2(c3ccc(O[C@@H]4O[C@H](CO)[C@@H](O)[C@H](O)[C@H]4O)cc3Oc3c2ccc(O[C@@H]2O[C@H](CO)[C@@H](O)[C@H](O)[C@H]2O)c3NC(=O)c2c(F)c(F)c(F)c(F)c2F)c2ccccc21. The van der Waals surface area contributed by atoms with Gasteiger partial charge in [-0.25, -0.2) is 26.7 Å². The highest BCUT2D eigenvalue weighted by Gasteiger charge is 2.55. The molecular formula is C39H32F5NO16. The van der Waals surface area contributed by atoms with Gasteiger partial charge in [-0.3, -0.25) is 4.79 Å². The third kappa shape index (κ3) is 6.62. The van der Waals surface area contributed by atoms with Crippen LogP contribution in [0.15, 0.2) is 54.6 Å². The summed E-state index contributed by atoms with van der Waals surface area (Å²) in [6.45, 7) is -1.71. The van der Waals surface area contributed by atoms with Crippen LogP contribution in [-0.4, -0.2) is 127 Å². The lowest BCUT2D eigenvalue weighted by Gasteiger charge is -2.41. The van der Waals surface area contributed by atoms with Gasteiger partial charge >= 0.3 is 5.97 Å². The van der Waals surface area contributed by atoms with E-state index in [2.05, 4.69) is 0 Å². The molecular weight excluding hydrogens is 833 g/mol. The largest absolute Gasteiger partial charge is 0.462 e. The highest BCUT2D eigenvalue weighted by atomic mass is 19.2. The van der Waals surface area contributed by atoms with Gasteiger partial charge in [0.1, 0.15) is 77.3 Å². The zero-order chi connectivity index (χ0) is 43.8. The minimum Gasteiger partial charge on any atom is -0.462 e. The third-order valence-electron chi connectivity index (χ3n) is 10.7. The van der Waals surface area contributed by atoms with Crippen LogP contribution < -0.4 is 19.5 Å². The molecule has 0 aliphatic carbocycles. The van der Waals surface area contributed by atoms with Crippen molar-refractivity contribution in [2.24, 2.45) is 0 Å². The van der Waals surface area contributed by atoms with Crippen LogP contribution in [0.5, 0.6) is 23.0 Å². The average Bonchev–Trinajstić information content (AvgIpc) is 3.55. The van der Waals surface area contributed by atoms with E-state index in [4.69, 9.17) is 28.4 Å². The van der Waals surface area contributed by atoms with Gasteiger partial charge in [0.05, 0.1) is 24.3 Å². The highest BCUT2D eigenvalue weighted by Crippen LogP contribution is 2.59. The smallest absolute Gasteiger partial charge is 0.340 e. The lowest BCUT2D eigenvalue weighted by Crippen LogP contribution is -2.60. The highest BCUT2D eigenvalue weighted by molar-refractivity contribution is 6.07. The Kier molecular flexibility index (Phi) is 10.9. The van der Waals surface area contributed by atoms with Crippen LogP contribution in [-0.2, 0) is 19.8 Å². The zero-order valence-corrected chi connectivity index (χ0v) is 30.6. The van der Waals surface area contributed by atoms with Gasteiger partial charge in [-0.1, -0.05) is 18.2 Å². The number of halogens is 5. The summed E-state index contributed by atoms with van der Waals surface area (Å²) >= 11 is 0. The molecule has 4 aliphatic heterocycles. The van der Waals surface area contributed by atoms with Crippen LogP contribution in [0.4, 0.5) is 27.6 Å². The first-order valence-electron chi connectivity index (χ1n) is 18.1. The molecule has 2 fully saturated rings. The van der Waals surface area contributed by atoms with Crippen molar-refractivity contribution in [1.29, 1.82) is 0 Å². The molecule has 0 radical (unpaired) electrons. The Labute approximate surface area is 338 Å². The first-order valence-corrected chi connectivity index (χ1v) is 18.1. The number of nitrogens with one attached hydrogen (secondary N) is 1. The molecule has 1 unspecified atom stereocenters. The minimum atomic E-state index is -2.57. The van der Waals surface area contributed by atoms with Crippen molar-refractivity contribution in [2.75, 3.05) is 18.5 Å². The molecule has 0 bridgehead atoms. The number of aliphatic hydroxyl groups excluding tert-OH is 8. The molecule has 4 aliphatic rings. The number of aliphatic hydroxyl groups is 8. The van der Waals surface area contributed by atoms with Gasteiger partial charge in [0.15, 0.2) is 34.6 Å². The molecule has 11 atom stereocenters. The Bertz CT molecular complexity index is 2390. The van der Waals surface area contributed by atoms with Crippen molar-refractivity contribution in [2.45, 2.75) is 67.0 Å². The predicted octanol–water partition coefficient (Wildman–Crippen LogP) is 0.560. The number of carbonyl (C=O) groups excluding carboxylic acids is 2. The van der Waals surface area contributed by atoms with E-state index in [-0.39, 0.29) is 33.8 Å². The fourth-order valence-electron chi connectivity index (χ4n) is 7.56. The second-order valence-corrected chi connectivity index (χ2v) is 14.2. The van der Waals surface area contributed by atoms with Crippen LogP contribution in [0.2, 0.25) is 0 Å². The maximum atomic E-state index is 15.1. The normalized spacial score (nSPS) is 30.1. The number of ether oxygens (including phenoxy) is 6. The van der Waals surface area contributed by atoms with Gasteiger partial charge in [-0.2, -0.15) is 0 Å². The Balaban J connectivity index is 1.31. The van der Waals surface area contributed by atoms with E-state index in [0.717, 1.165) is 12.1 Å². The number of fused-ring (bicyclic) bond motifs is 6. The zero-order valence-electron chi connectivity index (χ0n) is 30.6. The van der Waals surface area contributed by atoms with Crippen LogP contribution in [0.3, 0.4) is 0 Å². The molecule has 0 aromatic heterocycles. The van der Waals surface area contributed by atoms with Gasteiger partial charge in [0.2, 0.25) is 18.4 Å². The molecule has 324 valence electrons. The maximum Gasteiger partial charge on any atom is 0.340 e. The van der Waals surface area contributed by atoms with E-state index in [9.17, 15) is 63.6 Å². The molecule has 2 saturated heterocycles. The van der Waals surface area contributed by atoms with Crippen LogP contribution >= 0.6 is 0 Å². The fraction of sp³-hybridized carbons (Fsp3) is 0.333. The van der Waals surface area contributed by atoms with E-state index in [1.807, 2.05) is 5.32 Å². The third-order valence-corrected chi connectivity index (χ3v) is 10.7. The summed E-state index contributed by atoms with van der Waals surface area (Å²) in [5.41, 5.74) is -4.72. The number of amides is 1. The Hall–Kier alpha value is -5.53. The van der Waals surface area contributed by atoms with E-state index in [1.165, 1.54) is 42.5 Å². The molecule has 22 heteroatoms. The monoisotopic (exact) mass is 865 g/mol. The summed E-state index contributed by atoms with van der Waals surface area (Å²) in [7, 11) is 0. The first-order chi connectivity index (χ1) is 29.0. The summed E-state index contributed by atoms with van der Waals surface area (Å²) in [6.07, 6.45) is -18.1. The molecule has 4 aromatic carbocycles. The van der Waals surface area contributed by atoms with Crippen molar-refractivity contribution in [3.63, 3.8) is 0 Å². The van der Waals surface area contributed by atoms with Crippen LogP contribution in [0, 0.1) is 29.1 Å². The second kappa shape index (κ2) is 15.7. The van der Waals surface area contributed by atoms with Gasteiger partial charge < -0.3 is 74.6 Å². The summed E-state index contributed by atoms with van der Waals surface area (Å²) < 4.78 is 108. The number of anilines is 1. The minimum absolute atomic E-state index is 0.0246. The standard InChI is InChI=1S/C39H32F5NO16/c40-22-21(23(41)25(43)26(44)24(22)42)35(54)45-27-17(58-38-33(53)31(51)29(49)20(11-47)60-38)8-7-16-34(27)57-18-9-12(56-37-32(52)30(50)28(48)19(10-46)59-37)5-6-15(18)39(16)14-4-2-1-3-13(14)36(55)61-39/h1-9,19-20,28-33,37-38,46-53H,10-11H2,(H,45,54)/t19-,20-,28-,29-,30+,31+,32-,33-,37-,38-,39?/m1/s1. The molecule has 1 amide bonds. The molecule has 4 heterocycles. The number of carbonyl (C=O) groups is 2. The Morgan fingerprint density at radius 1 is 0.672 bits per heavy atom. The topological polar surface area (TPSA) is 263 Å². The molecule has 8 rings (SSSR count). The van der Waals surface area contributed by atoms with Crippen molar-refractivity contribution in [1.82, 2.24) is 0 Å². The summed E-state index contributed by atoms with van der Waals surface area (Å²) in [5, 5.41) is 84.2. The van der Waals surface area contributed by atoms with Crippen LogP contribution in [0.25, 0.3) is 0 Å². The number of rotatable bonds is 8. The number of hydrogen-bond donors (Lipinski definition) is 9. The quantitative estimate of drug-likeness (QED) is 0.0507. The first kappa shape index (κ1) is 42.2. The molecule has 61 heavy (non-hydrogen) atoms. The fourth-order valence-corrected chi connectivity index (χ4v) is 7.56. The molecule has 1 spiro atoms. The maximum absolute atomic E-state index is 15.1. The average molecular weight is 866 g/mol. The lowest BCUT2D eigenvalue weighted by molar-refractivity contribution is -0.277. The van der Waals surface area contributed by atoms with Crippen molar-refractivity contribution in [3.8, 4) is 23.0 Å². The van der Waals surface area contributed by atoms with Crippen molar-refractivity contribution < 1.29 is 101 Å². The lowest BCUT2D eigenvalue weighted by atomic mass is 9.77. The van der Waals surface area contributed by atoms with Gasteiger partial charge in [-0.15, -0.1) is 0 Å². The van der Waals surface area contributed by atoms with Gasteiger partial charge in [0.25, 0.3) is 5.91 Å². The van der Waals surface area contributed by atoms with Gasteiger partial charge in [0, 0.05) is 17.2 Å². The summed E-state index contributed by atoms with van der Waals surface area (Å²) in [4.78, 5) is 27.3. The second-order valence-electron chi connectivity index (χ2n) is 14.2. The summed E-state index contributed by atoms with van der Waals surface area (Å²) in [5.74, 6) is -17.2. The van der Waals surface area contributed by atoms with Crippen molar-refractivity contribution in [3.05, 3.63) is 112 Å². The van der Waals surface area contributed by atoms with E-state index < -0.39 is 144 Å². The number of esters is 1. The number of hydrogen-bond acceptors (Lipinski definition) is 16. The van der Waals surface area contributed by atoms with Gasteiger partial charge in [-0.05, 0) is 30.3 Å². The molecule has 0 saturated carbocycles. The molecule has 9 N–H and O–H groups in total. The number of benzene rings is 4. The molecule has 17 nitrogen and oxygen atoms in total.